The maximum atomic E-state index is 12.2. The smallest absolute Gasteiger partial charge is 0.256 e. The number of amides is 2. The van der Waals surface area contributed by atoms with Gasteiger partial charge in [-0.05, 0) is 43.0 Å². The van der Waals surface area contributed by atoms with Gasteiger partial charge < -0.3 is 4.74 Å². The molecule has 1 aromatic rings. The molecule has 1 saturated heterocycles. The summed E-state index contributed by atoms with van der Waals surface area (Å²) in [6.07, 6.45) is 5.52. The van der Waals surface area contributed by atoms with Crippen molar-refractivity contribution in [3.8, 4) is 5.75 Å². The molecule has 1 aliphatic heterocycles. The Balaban J connectivity index is 2.06. The van der Waals surface area contributed by atoms with Gasteiger partial charge in [-0.3, -0.25) is 14.5 Å². The predicted molar refractivity (Wildman–Crippen MR) is 81.7 cm³/mol. The molecule has 0 radical (unpaired) electrons. The van der Waals surface area contributed by atoms with E-state index in [1.807, 2.05) is 24.3 Å². The molecule has 2 rings (SSSR count). The molecule has 0 bridgehead atoms. The molecule has 4 nitrogen and oxygen atoms in total. The van der Waals surface area contributed by atoms with E-state index in [1.165, 1.54) is 11.0 Å². The summed E-state index contributed by atoms with van der Waals surface area (Å²) in [6.45, 7) is 4.21. The van der Waals surface area contributed by atoms with Crippen LogP contribution in [0.25, 0.3) is 6.08 Å². The maximum absolute atomic E-state index is 12.2. The second kappa shape index (κ2) is 6.88. The number of hydrogen-bond acceptors (Lipinski definition) is 3. The van der Waals surface area contributed by atoms with E-state index in [0.717, 1.165) is 24.2 Å². The lowest BCUT2D eigenvalue weighted by molar-refractivity contribution is -0.139. The highest BCUT2D eigenvalue weighted by molar-refractivity contribution is 6.08. The number of imide groups is 1. The molecule has 0 atom stereocenters. The van der Waals surface area contributed by atoms with Crippen LogP contribution in [-0.4, -0.2) is 30.4 Å². The summed E-state index contributed by atoms with van der Waals surface area (Å²) in [5, 5.41) is 0. The van der Waals surface area contributed by atoms with Crippen LogP contribution in [0.4, 0.5) is 0 Å². The van der Waals surface area contributed by atoms with Crippen LogP contribution in [0, 0.1) is 0 Å². The van der Waals surface area contributed by atoms with E-state index < -0.39 is 0 Å². The summed E-state index contributed by atoms with van der Waals surface area (Å²) < 4.78 is 5.08. The Morgan fingerprint density at radius 2 is 2.00 bits per heavy atom. The lowest BCUT2D eigenvalue weighted by Crippen LogP contribution is -2.35. The van der Waals surface area contributed by atoms with Gasteiger partial charge in [0.15, 0.2) is 0 Å². The molecule has 0 saturated carbocycles. The third-order valence-electron chi connectivity index (χ3n) is 3.46. The summed E-state index contributed by atoms with van der Waals surface area (Å²) in [5.41, 5.74) is 1.39. The molecule has 1 aromatic carbocycles. The van der Waals surface area contributed by atoms with Gasteiger partial charge in [-0.15, -0.1) is 0 Å². The Hall–Kier alpha value is -2.36. The standard InChI is InChI=1S/C17H19NO3/c1-13-5-3-4-12-18(17(13)20)16(19)11-8-14-6-9-15(21-2)10-7-14/h6-11H,1,3-5,12H2,2H3/b11-8+. The van der Waals surface area contributed by atoms with E-state index in [-0.39, 0.29) is 11.8 Å². The van der Waals surface area contributed by atoms with Gasteiger partial charge in [-0.1, -0.05) is 18.7 Å². The third kappa shape index (κ3) is 3.81. The fourth-order valence-corrected chi connectivity index (χ4v) is 2.19. The van der Waals surface area contributed by atoms with E-state index in [9.17, 15) is 9.59 Å². The van der Waals surface area contributed by atoms with Crippen LogP contribution < -0.4 is 4.74 Å². The monoisotopic (exact) mass is 285 g/mol. The number of methoxy groups -OCH3 is 1. The number of benzene rings is 1. The Bertz CT molecular complexity index is 572. The van der Waals surface area contributed by atoms with Crippen molar-refractivity contribution >= 4 is 17.9 Å². The Kier molecular flexibility index (Phi) is 4.93. The minimum Gasteiger partial charge on any atom is -0.497 e. The highest BCUT2D eigenvalue weighted by Crippen LogP contribution is 2.16. The molecule has 1 fully saturated rings. The van der Waals surface area contributed by atoms with Crippen molar-refractivity contribution in [1.82, 2.24) is 4.90 Å². The summed E-state index contributed by atoms with van der Waals surface area (Å²) in [7, 11) is 1.60. The maximum Gasteiger partial charge on any atom is 0.256 e. The van der Waals surface area contributed by atoms with Gasteiger partial charge in [-0.2, -0.15) is 0 Å². The van der Waals surface area contributed by atoms with Crippen LogP contribution >= 0.6 is 0 Å². The first kappa shape index (κ1) is 15.0. The number of carbonyl (C=O) groups excluding carboxylic acids is 2. The summed E-state index contributed by atoms with van der Waals surface area (Å²) in [6, 6.07) is 7.35. The Morgan fingerprint density at radius 1 is 1.29 bits per heavy atom. The molecule has 0 aliphatic carbocycles. The average molecular weight is 285 g/mol. The zero-order valence-corrected chi connectivity index (χ0v) is 12.2. The zero-order valence-electron chi connectivity index (χ0n) is 12.2. The molecule has 0 unspecified atom stereocenters. The van der Waals surface area contributed by atoms with Gasteiger partial charge in [0.05, 0.1) is 7.11 Å². The van der Waals surface area contributed by atoms with E-state index in [0.29, 0.717) is 18.5 Å². The quantitative estimate of drug-likeness (QED) is 0.802. The van der Waals surface area contributed by atoms with Gasteiger partial charge in [0, 0.05) is 18.2 Å². The third-order valence-corrected chi connectivity index (χ3v) is 3.46. The molecule has 0 N–H and O–H groups in total. The first-order valence-electron chi connectivity index (χ1n) is 6.97. The van der Waals surface area contributed by atoms with Gasteiger partial charge in [0.25, 0.3) is 11.8 Å². The first-order chi connectivity index (χ1) is 10.1. The van der Waals surface area contributed by atoms with Gasteiger partial charge in [0.2, 0.25) is 0 Å². The molecular formula is C17H19NO3. The van der Waals surface area contributed by atoms with E-state index in [4.69, 9.17) is 4.74 Å². The highest BCUT2D eigenvalue weighted by atomic mass is 16.5. The molecule has 4 heteroatoms. The SMILES string of the molecule is C=C1CCCCN(C(=O)/C=C/c2ccc(OC)cc2)C1=O. The second-order valence-electron chi connectivity index (χ2n) is 4.96. The topological polar surface area (TPSA) is 46.6 Å². The van der Waals surface area contributed by atoms with Crippen molar-refractivity contribution in [2.45, 2.75) is 19.3 Å². The van der Waals surface area contributed by atoms with E-state index in [1.54, 1.807) is 13.2 Å². The normalized spacial score (nSPS) is 16.1. The minimum absolute atomic E-state index is 0.253. The van der Waals surface area contributed by atoms with Crippen LogP contribution in [0.5, 0.6) is 5.75 Å². The van der Waals surface area contributed by atoms with E-state index in [2.05, 4.69) is 6.58 Å². The Labute approximate surface area is 124 Å². The Morgan fingerprint density at radius 3 is 2.67 bits per heavy atom. The van der Waals surface area contributed by atoms with Gasteiger partial charge >= 0.3 is 0 Å². The van der Waals surface area contributed by atoms with Crippen molar-refractivity contribution in [2.75, 3.05) is 13.7 Å². The lowest BCUT2D eigenvalue weighted by atomic mass is 10.1. The predicted octanol–water partition coefficient (Wildman–Crippen LogP) is 2.80. The fourth-order valence-electron chi connectivity index (χ4n) is 2.19. The number of nitrogens with zero attached hydrogens (tertiary/aromatic N) is 1. The van der Waals surface area contributed by atoms with Crippen molar-refractivity contribution in [3.63, 3.8) is 0 Å². The number of likely N-dealkylation sites (tertiary alicyclic amines) is 1. The average Bonchev–Trinajstić information content (AvgIpc) is 2.68. The van der Waals surface area contributed by atoms with Crippen molar-refractivity contribution in [1.29, 1.82) is 0 Å². The summed E-state index contributed by atoms with van der Waals surface area (Å²) >= 11 is 0. The highest BCUT2D eigenvalue weighted by Gasteiger charge is 2.23. The molecule has 1 aliphatic rings. The van der Waals surface area contributed by atoms with Crippen molar-refractivity contribution in [2.24, 2.45) is 0 Å². The second-order valence-corrected chi connectivity index (χ2v) is 4.96. The van der Waals surface area contributed by atoms with E-state index >= 15 is 0 Å². The number of ether oxygens (including phenoxy) is 1. The molecular weight excluding hydrogens is 266 g/mol. The van der Waals surface area contributed by atoms with Gasteiger partial charge in [0.1, 0.15) is 5.75 Å². The lowest BCUT2D eigenvalue weighted by Gasteiger charge is -2.16. The number of hydrogen-bond donors (Lipinski definition) is 0. The number of rotatable bonds is 3. The van der Waals surface area contributed by atoms with Crippen molar-refractivity contribution in [3.05, 3.63) is 48.1 Å². The first-order valence-corrected chi connectivity index (χ1v) is 6.97. The fraction of sp³-hybridized carbons (Fsp3) is 0.294. The molecule has 21 heavy (non-hydrogen) atoms. The largest absolute Gasteiger partial charge is 0.497 e. The molecule has 2 amide bonds. The molecule has 1 heterocycles. The summed E-state index contributed by atoms with van der Waals surface area (Å²) in [4.78, 5) is 25.5. The molecule has 0 spiro atoms. The van der Waals surface area contributed by atoms with Crippen LogP contribution in [0.3, 0.4) is 0 Å². The minimum atomic E-state index is -0.293. The van der Waals surface area contributed by atoms with Crippen LogP contribution in [0.15, 0.2) is 42.5 Å². The van der Waals surface area contributed by atoms with Crippen LogP contribution in [-0.2, 0) is 9.59 Å². The summed E-state index contributed by atoms with van der Waals surface area (Å²) in [5.74, 6) is 0.216. The zero-order chi connectivity index (χ0) is 15.2. The van der Waals surface area contributed by atoms with Crippen molar-refractivity contribution < 1.29 is 14.3 Å². The van der Waals surface area contributed by atoms with Crippen LogP contribution in [0.1, 0.15) is 24.8 Å². The molecule has 110 valence electrons. The van der Waals surface area contributed by atoms with Gasteiger partial charge in [-0.25, -0.2) is 0 Å². The number of carbonyl (C=O) groups is 2. The van der Waals surface area contributed by atoms with Crippen LogP contribution in [0.2, 0.25) is 0 Å². The molecule has 0 aromatic heterocycles.